The van der Waals surface area contributed by atoms with Crippen LogP contribution in [0.4, 0.5) is 25.0 Å². The molecule has 1 aromatic carbocycles. The Morgan fingerprint density at radius 3 is 2.65 bits per heavy atom. The van der Waals surface area contributed by atoms with Crippen LogP contribution in [0.2, 0.25) is 0 Å². The first-order chi connectivity index (χ1) is 8.09. The molecular weight excluding hydrogens is 228 g/mol. The fourth-order valence-corrected chi connectivity index (χ4v) is 1.88. The summed E-state index contributed by atoms with van der Waals surface area (Å²) in [6.45, 7) is 0.166. The molecule has 2 rings (SSSR count). The molecule has 0 bridgehead atoms. The highest BCUT2D eigenvalue weighted by molar-refractivity contribution is 5.97. The normalized spacial score (nSPS) is 16.1. The van der Waals surface area contributed by atoms with Gasteiger partial charge in [0.2, 0.25) is 0 Å². The predicted molar refractivity (Wildman–Crippen MR) is 61.2 cm³/mol. The summed E-state index contributed by atoms with van der Waals surface area (Å²) in [4.78, 5) is 14.4. The molecule has 1 aliphatic heterocycles. The van der Waals surface area contributed by atoms with Crippen molar-refractivity contribution in [2.45, 2.75) is 6.43 Å². The van der Waals surface area contributed by atoms with Crippen molar-refractivity contribution in [2.24, 2.45) is 0 Å². The second kappa shape index (κ2) is 4.57. The van der Waals surface area contributed by atoms with Gasteiger partial charge in [-0.25, -0.2) is 13.6 Å². The number of urea groups is 1. The van der Waals surface area contributed by atoms with E-state index in [1.54, 1.807) is 24.3 Å². The van der Waals surface area contributed by atoms with E-state index >= 15 is 0 Å². The van der Waals surface area contributed by atoms with Gasteiger partial charge in [-0.3, -0.25) is 4.90 Å². The average Bonchev–Trinajstić information content (AvgIpc) is 2.61. The summed E-state index contributed by atoms with van der Waals surface area (Å²) in [6, 6.07) is 6.49. The Hall–Kier alpha value is -1.85. The highest BCUT2D eigenvalue weighted by atomic mass is 19.3. The molecule has 1 heterocycles. The smallest absolute Gasteiger partial charge is 0.324 e. The number of rotatable bonds is 3. The summed E-state index contributed by atoms with van der Waals surface area (Å²) < 4.78 is 24.5. The number of nitrogens with zero attached hydrogens (tertiary/aromatic N) is 2. The SMILES string of the molecule is Nc1ccccc1N1CCN(CC(F)F)C1=O. The second-order valence-electron chi connectivity index (χ2n) is 3.83. The van der Waals surface area contributed by atoms with Crippen molar-refractivity contribution in [1.29, 1.82) is 0 Å². The largest absolute Gasteiger partial charge is 0.397 e. The zero-order valence-corrected chi connectivity index (χ0v) is 9.14. The molecule has 1 fully saturated rings. The van der Waals surface area contributed by atoms with Gasteiger partial charge in [0.1, 0.15) is 0 Å². The molecule has 2 amide bonds. The van der Waals surface area contributed by atoms with Crippen LogP contribution < -0.4 is 10.6 Å². The molecule has 1 saturated heterocycles. The first kappa shape index (κ1) is 11.6. The quantitative estimate of drug-likeness (QED) is 0.820. The molecule has 0 saturated carbocycles. The topological polar surface area (TPSA) is 49.6 Å². The van der Waals surface area contributed by atoms with Crippen LogP contribution in [0.25, 0.3) is 0 Å². The lowest BCUT2D eigenvalue weighted by Gasteiger charge is -2.19. The minimum atomic E-state index is -2.51. The molecule has 0 spiro atoms. The number of carbonyl (C=O) groups excluding carboxylic acids is 1. The van der Waals surface area contributed by atoms with E-state index in [4.69, 9.17) is 5.73 Å². The van der Waals surface area contributed by atoms with Gasteiger partial charge >= 0.3 is 6.03 Å². The van der Waals surface area contributed by atoms with Crippen molar-refractivity contribution in [3.8, 4) is 0 Å². The minimum Gasteiger partial charge on any atom is -0.397 e. The number of para-hydroxylation sites is 2. The van der Waals surface area contributed by atoms with Gasteiger partial charge in [0.25, 0.3) is 6.43 Å². The Morgan fingerprint density at radius 1 is 1.29 bits per heavy atom. The van der Waals surface area contributed by atoms with Gasteiger partial charge in [-0.2, -0.15) is 0 Å². The van der Waals surface area contributed by atoms with Gasteiger partial charge in [-0.15, -0.1) is 0 Å². The molecule has 17 heavy (non-hydrogen) atoms. The molecule has 6 heteroatoms. The molecular formula is C11H13F2N3O. The van der Waals surface area contributed by atoms with E-state index in [2.05, 4.69) is 0 Å². The Morgan fingerprint density at radius 2 is 2.00 bits per heavy atom. The van der Waals surface area contributed by atoms with Crippen LogP contribution in [0.1, 0.15) is 0 Å². The van der Waals surface area contributed by atoms with Gasteiger partial charge in [0.05, 0.1) is 17.9 Å². The van der Waals surface area contributed by atoms with Crippen molar-refractivity contribution in [1.82, 2.24) is 4.90 Å². The lowest BCUT2D eigenvalue weighted by atomic mass is 10.2. The summed E-state index contributed by atoms with van der Waals surface area (Å²) in [5.41, 5.74) is 6.80. The molecule has 0 unspecified atom stereocenters. The third-order valence-corrected chi connectivity index (χ3v) is 2.68. The molecule has 2 N–H and O–H groups in total. The lowest BCUT2D eigenvalue weighted by molar-refractivity contribution is 0.108. The van der Waals surface area contributed by atoms with Crippen molar-refractivity contribution in [3.63, 3.8) is 0 Å². The molecule has 1 aliphatic rings. The van der Waals surface area contributed by atoms with Crippen LogP contribution >= 0.6 is 0 Å². The maximum absolute atomic E-state index is 12.2. The summed E-state index contributed by atoms with van der Waals surface area (Å²) in [7, 11) is 0. The molecule has 0 aliphatic carbocycles. The summed E-state index contributed by atoms with van der Waals surface area (Å²) in [5.74, 6) is 0. The highest BCUT2D eigenvalue weighted by Gasteiger charge is 2.31. The van der Waals surface area contributed by atoms with Crippen LogP contribution in [0.5, 0.6) is 0 Å². The third-order valence-electron chi connectivity index (χ3n) is 2.68. The van der Waals surface area contributed by atoms with Crippen LogP contribution in [0.15, 0.2) is 24.3 Å². The number of amides is 2. The number of benzene rings is 1. The van der Waals surface area contributed by atoms with Crippen LogP contribution in [-0.4, -0.2) is 37.0 Å². The van der Waals surface area contributed by atoms with Gasteiger partial charge in [-0.1, -0.05) is 12.1 Å². The molecule has 1 aromatic rings. The van der Waals surface area contributed by atoms with E-state index in [1.165, 1.54) is 4.90 Å². The lowest BCUT2D eigenvalue weighted by Crippen LogP contribution is -2.35. The zero-order valence-electron chi connectivity index (χ0n) is 9.14. The molecule has 0 aromatic heterocycles. The summed E-state index contributed by atoms with van der Waals surface area (Å²) in [6.07, 6.45) is -2.51. The number of nitrogens with two attached hydrogens (primary N) is 1. The van der Waals surface area contributed by atoms with E-state index in [1.807, 2.05) is 0 Å². The Bertz CT molecular complexity index is 425. The highest BCUT2D eigenvalue weighted by Crippen LogP contribution is 2.26. The van der Waals surface area contributed by atoms with Gasteiger partial charge in [0.15, 0.2) is 0 Å². The minimum absolute atomic E-state index is 0.303. The summed E-state index contributed by atoms with van der Waals surface area (Å²) >= 11 is 0. The average molecular weight is 241 g/mol. The van der Waals surface area contributed by atoms with Gasteiger partial charge in [-0.05, 0) is 12.1 Å². The van der Waals surface area contributed by atoms with E-state index < -0.39 is 19.0 Å². The summed E-state index contributed by atoms with van der Waals surface area (Å²) in [5, 5.41) is 0. The number of nitrogen functional groups attached to an aromatic ring is 1. The number of hydrogen-bond donors (Lipinski definition) is 1. The molecule has 4 nitrogen and oxygen atoms in total. The number of anilines is 2. The molecule has 0 radical (unpaired) electrons. The maximum atomic E-state index is 12.2. The number of hydrogen-bond acceptors (Lipinski definition) is 2. The monoisotopic (exact) mass is 241 g/mol. The van der Waals surface area contributed by atoms with E-state index in [-0.39, 0.29) is 0 Å². The molecule has 92 valence electrons. The number of alkyl halides is 2. The molecule has 0 atom stereocenters. The van der Waals surface area contributed by atoms with Crippen LogP contribution in [-0.2, 0) is 0 Å². The standard InChI is InChI=1S/C11H13F2N3O/c12-10(13)7-15-5-6-16(11(15)17)9-4-2-1-3-8(9)14/h1-4,10H,5-7,14H2. The fraction of sp³-hybridized carbons (Fsp3) is 0.364. The van der Waals surface area contributed by atoms with Crippen LogP contribution in [0, 0.1) is 0 Å². The van der Waals surface area contributed by atoms with E-state index in [0.29, 0.717) is 24.5 Å². The fourth-order valence-electron chi connectivity index (χ4n) is 1.88. The Kier molecular flexibility index (Phi) is 3.12. The third kappa shape index (κ3) is 2.30. The maximum Gasteiger partial charge on any atom is 0.324 e. The van der Waals surface area contributed by atoms with Crippen molar-refractivity contribution in [2.75, 3.05) is 30.3 Å². The Balaban J connectivity index is 2.15. The van der Waals surface area contributed by atoms with Gasteiger partial charge < -0.3 is 10.6 Å². The predicted octanol–water partition coefficient (Wildman–Crippen LogP) is 1.78. The second-order valence-corrected chi connectivity index (χ2v) is 3.83. The number of carbonyl (C=O) groups is 1. The van der Waals surface area contributed by atoms with Crippen LogP contribution in [0.3, 0.4) is 0 Å². The first-order valence-corrected chi connectivity index (χ1v) is 5.28. The Labute approximate surface area is 97.6 Å². The van der Waals surface area contributed by atoms with Crippen molar-refractivity contribution >= 4 is 17.4 Å². The number of halogens is 2. The zero-order chi connectivity index (χ0) is 12.4. The van der Waals surface area contributed by atoms with Crippen molar-refractivity contribution in [3.05, 3.63) is 24.3 Å². The van der Waals surface area contributed by atoms with Gasteiger partial charge in [0, 0.05) is 13.1 Å². The van der Waals surface area contributed by atoms with E-state index in [0.717, 1.165) is 4.90 Å². The van der Waals surface area contributed by atoms with Crippen molar-refractivity contribution < 1.29 is 13.6 Å². The van der Waals surface area contributed by atoms with E-state index in [9.17, 15) is 13.6 Å². The first-order valence-electron chi connectivity index (χ1n) is 5.28.